The van der Waals surface area contributed by atoms with E-state index in [0.29, 0.717) is 6.04 Å². The maximum Gasteiger partial charge on any atom is 0.127 e. The average molecular weight is 276 g/mol. The Morgan fingerprint density at radius 2 is 2.00 bits per heavy atom. The molecule has 0 bridgehead atoms. The second-order valence-electron chi connectivity index (χ2n) is 6.37. The quantitative estimate of drug-likeness (QED) is 0.888. The Bertz CT molecular complexity index is 431. The zero-order chi connectivity index (χ0) is 13.8. The van der Waals surface area contributed by atoms with Crippen LogP contribution in [0, 0.1) is 11.7 Å². The van der Waals surface area contributed by atoms with Crippen molar-refractivity contribution in [3.63, 3.8) is 0 Å². The van der Waals surface area contributed by atoms with Gasteiger partial charge in [-0.15, -0.1) is 0 Å². The van der Waals surface area contributed by atoms with Gasteiger partial charge in [-0.3, -0.25) is 4.90 Å². The summed E-state index contributed by atoms with van der Waals surface area (Å²) in [5.74, 6) is 0.842. The molecule has 1 saturated heterocycles. The topological polar surface area (TPSA) is 15.3 Å². The van der Waals surface area contributed by atoms with E-state index in [1.807, 2.05) is 12.1 Å². The first-order chi connectivity index (χ1) is 9.81. The molecule has 1 aliphatic carbocycles. The zero-order valence-electron chi connectivity index (χ0n) is 12.2. The largest absolute Gasteiger partial charge is 0.312 e. The van der Waals surface area contributed by atoms with Gasteiger partial charge >= 0.3 is 0 Å². The summed E-state index contributed by atoms with van der Waals surface area (Å²) in [6.45, 7) is 4.07. The van der Waals surface area contributed by atoms with Crippen molar-refractivity contribution < 1.29 is 4.39 Å². The molecular formula is C17H25FN2. The Balaban J connectivity index is 1.48. The van der Waals surface area contributed by atoms with E-state index in [0.717, 1.165) is 31.1 Å². The minimum Gasteiger partial charge on any atom is -0.312 e. The van der Waals surface area contributed by atoms with Crippen LogP contribution in [-0.4, -0.2) is 30.6 Å². The SMILES string of the molecule is Fc1ccccc1CN1CCCC(NCC2CCC2)C1. The third-order valence-electron chi connectivity index (χ3n) is 4.78. The summed E-state index contributed by atoms with van der Waals surface area (Å²) in [6.07, 6.45) is 6.70. The van der Waals surface area contributed by atoms with Gasteiger partial charge in [0.25, 0.3) is 0 Å². The van der Waals surface area contributed by atoms with Crippen molar-refractivity contribution in [3.05, 3.63) is 35.6 Å². The van der Waals surface area contributed by atoms with Gasteiger partial charge in [0, 0.05) is 24.7 Å². The molecule has 1 heterocycles. The highest BCUT2D eigenvalue weighted by Crippen LogP contribution is 2.25. The Labute approximate surface area is 121 Å². The molecule has 3 heteroatoms. The van der Waals surface area contributed by atoms with Gasteiger partial charge in [0.2, 0.25) is 0 Å². The predicted octanol–water partition coefficient (Wildman–Crippen LogP) is 3.18. The van der Waals surface area contributed by atoms with Crippen LogP contribution in [0.5, 0.6) is 0 Å². The summed E-state index contributed by atoms with van der Waals surface area (Å²) in [7, 11) is 0. The standard InChI is InChI=1S/C17H25FN2/c18-17-9-2-1-7-15(17)12-20-10-4-8-16(13-20)19-11-14-5-3-6-14/h1-2,7,9,14,16,19H,3-6,8,10-13H2. The normalized spacial score (nSPS) is 24.6. The molecule has 0 radical (unpaired) electrons. The molecular weight excluding hydrogens is 251 g/mol. The lowest BCUT2D eigenvalue weighted by Gasteiger charge is -2.35. The van der Waals surface area contributed by atoms with Crippen LogP contribution < -0.4 is 5.32 Å². The van der Waals surface area contributed by atoms with E-state index >= 15 is 0 Å². The predicted molar refractivity (Wildman–Crippen MR) is 80.0 cm³/mol. The lowest BCUT2D eigenvalue weighted by molar-refractivity contribution is 0.171. The van der Waals surface area contributed by atoms with Crippen LogP contribution in [0.1, 0.15) is 37.7 Å². The number of likely N-dealkylation sites (tertiary alicyclic amines) is 1. The lowest BCUT2D eigenvalue weighted by Crippen LogP contribution is -2.47. The Morgan fingerprint density at radius 1 is 1.15 bits per heavy atom. The van der Waals surface area contributed by atoms with Crippen molar-refractivity contribution in [2.24, 2.45) is 5.92 Å². The first-order valence-electron chi connectivity index (χ1n) is 8.00. The van der Waals surface area contributed by atoms with Crippen molar-refractivity contribution in [3.8, 4) is 0 Å². The summed E-state index contributed by atoms with van der Waals surface area (Å²) < 4.78 is 13.7. The van der Waals surface area contributed by atoms with Crippen molar-refractivity contribution >= 4 is 0 Å². The molecule has 2 nitrogen and oxygen atoms in total. The molecule has 1 N–H and O–H groups in total. The van der Waals surface area contributed by atoms with Crippen molar-refractivity contribution in [2.45, 2.75) is 44.7 Å². The van der Waals surface area contributed by atoms with E-state index in [1.54, 1.807) is 12.1 Å². The maximum atomic E-state index is 13.7. The average Bonchev–Trinajstić information content (AvgIpc) is 2.40. The van der Waals surface area contributed by atoms with Gasteiger partial charge in [-0.25, -0.2) is 4.39 Å². The van der Waals surface area contributed by atoms with Crippen LogP contribution >= 0.6 is 0 Å². The Hall–Kier alpha value is -0.930. The maximum absolute atomic E-state index is 13.7. The van der Waals surface area contributed by atoms with E-state index in [-0.39, 0.29) is 5.82 Å². The monoisotopic (exact) mass is 276 g/mol. The lowest BCUT2D eigenvalue weighted by atomic mass is 9.85. The summed E-state index contributed by atoms with van der Waals surface area (Å²) in [5, 5.41) is 3.72. The molecule has 2 fully saturated rings. The zero-order valence-corrected chi connectivity index (χ0v) is 12.2. The van der Waals surface area contributed by atoms with Crippen molar-refractivity contribution in [2.75, 3.05) is 19.6 Å². The molecule has 0 spiro atoms. The molecule has 20 heavy (non-hydrogen) atoms. The number of halogens is 1. The summed E-state index contributed by atoms with van der Waals surface area (Å²) >= 11 is 0. The number of piperidine rings is 1. The minimum atomic E-state index is -0.0722. The second kappa shape index (κ2) is 6.68. The molecule has 1 unspecified atom stereocenters. The van der Waals surface area contributed by atoms with Gasteiger partial charge in [-0.2, -0.15) is 0 Å². The number of nitrogens with one attached hydrogen (secondary N) is 1. The van der Waals surface area contributed by atoms with Crippen LogP contribution in [0.25, 0.3) is 0 Å². The molecule has 1 aromatic rings. The highest BCUT2D eigenvalue weighted by molar-refractivity contribution is 5.17. The fraction of sp³-hybridized carbons (Fsp3) is 0.647. The van der Waals surface area contributed by atoms with Gasteiger partial charge in [0.15, 0.2) is 0 Å². The van der Waals surface area contributed by atoms with Crippen LogP contribution in [0.4, 0.5) is 4.39 Å². The van der Waals surface area contributed by atoms with Gasteiger partial charge in [-0.1, -0.05) is 24.6 Å². The fourth-order valence-electron chi connectivity index (χ4n) is 3.26. The van der Waals surface area contributed by atoms with E-state index in [1.165, 1.54) is 38.6 Å². The minimum absolute atomic E-state index is 0.0722. The third-order valence-corrected chi connectivity index (χ3v) is 4.78. The first-order valence-corrected chi connectivity index (χ1v) is 8.00. The van der Waals surface area contributed by atoms with Crippen LogP contribution in [-0.2, 0) is 6.54 Å². The van der Waals surface area contributed by atoms with Crippen LogP contribution in [0.2, 0.25) is 0 Å². The second-order valence-corrected chi connectivity index (χ2v) is 6.37. The highest BCUT2D eigenvalue weighted by atomic mass is 19.1. The van der Waals surface area contributed by atoms with E-state index in [2.05, 4.69) is 10.2 Å². The molecule has 1 aliphatic heterocycles. The molecule has 1 saturated carbocycles. The Morgan fingerprint density at radius 3 is 2.75 bits per heavy atom. The fourth-order valence-corrected chi connectivity index (χ4v) is 3.26. The number of nitrogens with zero attached hydrogens (tertiary/aromatic N) is 1. The molecule has 0 amide bonds. The molecule has 3 rings (SSSR count). The van der Waals surface area contributed by atoms with Crippen LogP contribution in [0.3, 0.4) is 0 Å². The summed E-state index contributed by atoms with van der Waals surface area (Å²) in [6, 6.07) is 7.75. The molecule has 110 valence electrons. The van der Waals surface area contributed by atoms with E-state index in [9.17, 15) is 4.39 Å². The number of hydrogen-bond acceptors (Lipinski definition) is 2. The molecule has 0 aromatic heterocycles. The molecule has 2 aliphatic rings. The van der Waals surface area contributed by atoms with Crippen LogP contribution in [0.15, 0.2) is 24.3 Å². The smallest absolute Gasteiger partial charge is 0.127 e. The van der Waals surface area contributed by atoms with Crippen molar-refractivity contribution in [1.29, 1.82) is 0 Å². The van der Waals surface area contributed by atoms with Gasteiger partial charge in [-0.05, 0) is 50.8 Å². The number of hydrogen-bond donors (Lipinski definition) is 1. The molecule has 1 aromatic carbocycles. The Kier molecular flexibility index (Phi) is 4.69. The van der Waals surface area contributed by atoms with E-state index < -0.39 is 0 Å². The summed E-state index contributed by atoms with van der Waals surface area (Å²) in [5.41, 5.74) is 0.826. The van der Waals surface area contributed by atoms with Gasteiger partial charge < -0.3 is 5.32 Å². The third kappa shape index (κ3) is 3.58. The van der Waals surface area contributed by atoms with E-state index in [4.69, 9.17) is 0 Å². The van der Waals surface area contributed by atoms with Gasteiger partial charge in [0.05, 0.1) is 0 Å². The first kappa shape index (κ1) is 14.0. The highest BCUT2D eigenvalue weighted by Gasteiger charge is 2.23. The number of benzene rings is 1. The van der Waals surface area contributed by atoms with Crippen molar-refractivity contribution in [1.82, 2.24) is 10.2 Å². The molecule has 1 atom stereocenters. The summed E-state index contributed by atoms with van der Waals surface area (Å²) in [4.78, 5) is 2.39. The van der Waals surface area contributed by atoms with Gasteiger partial charge in [0.1, 0.15) is 5.82 Å². The number of rotatable bonds is 5.